The van der Waals surface area contributed by atoms with Gasteiger partial charge in [0.15, 0.2) is 0 Å². The van der Waals surface area contributed by atoms with Gasteiger partial charge in [-0.2, -0.15) is 26.3 Å². The fourth-order valence-electron chi connectivity index (χ4n) is 16.0. The minimum Gasteiger partial charge on any atom is -0.462 e. The van der Waals surface area contributed by atoms with E-state index in [-0.39, 0.29) is 25.7 Å². The minimum atomic E-state index is -4.38. The molecule has 12 aliphatic rings. The minimum absolute atomic E-state index is 0.303. The summed E-state index contributed by atoms with van der Waals surface area (Å²) >= 11 is 0. The number of carbonyl (C=O) groups is 9. The van der Waals surface area contributed by atoms with Crippen molar-refractivity contribution in [3.8, 4) is 0 Å². The van der Waals surface area contributed by atoms with Gasteiger partial charge in [-0.3, -0.25) is 24.0 Å². The van der Waals surface area contributed by atoms with Crippen LogP contribution in [-0.4, -0.2) is 128 Å². The zero-order valence-electron chi connectivity index (χ0n) is 52.4. The van der Waals surface area contributed by atoms with Gasteiger partial charge in [0.1, 0.15) is 69.3 Å². The Morgan fingerprint density at radius 2 is 0.625 bits per heavy atom. The molecule has 12 aliphatic carbocycles. The second-order valence-electron chi connectivity index (χ2n) is 28.6. The van der Waals surface area contributed by atoms with Gasteiger partial charge in [-0.15, -0.1) is 0 Å². The van der Waals surface area contributed by atoms with E-state index in [0.717, 1.165) is 96.3 Å². The summed E-state index contributed by atoms with van der Waals surface area (Å²) < 4.78 is 130. The van der Waals surface area contributed by atoms with Crippen LogP contribution in [0, 0.1) is 70.0 Å². The molecule has 0 amide bonds. The highest BCUT2D eigenvalue weighted by Crippen LogP contribution is 2.60. The first-order valence-electron chi connectivity index (χ1n) is 31.9. The third kappa shape index (κ3) is 17.9. The lowest BCUT2D eigenvalue weighted by Crippen LogP contribution is -2.55. The lowest BCUT2D eigenvalue weighted by molar-refractivity contribution is -0.216. The Labute approximate surface area is 511 Å². The smallest absolute Gasteiger partial charge is 0.437 e. The van der Waals surface area contributed by atoms with Crippen molar-refractivity contribution in [3.05, 3.63) is 0 Å². The molecule has 88 heavy (non-hydrogen) atoms. The summed E-state index contributed by atoms with van der Waals surface area (Å²) in [5.41, 5.74) is -3.54. The van der Waals surface area contributed by atoms with Crippen molar-refractivity contribution in [1.82, 2.24) is 0 Å². The van der Waals surface area contributed by atoms with Gasteiger partial charge in [0.05, 0.1) is 16.7 Å². The van der Waals surface area contributed by atoms with Crippen molar-refractivity contribution < 1.29 is 112 Å². The predicted octanol–water partition coefficient (Wildman–Crippen LogP) is 11.4. The Morgan fingerprint density at radius 1 is 0.375 bits per heavy atom. The van der Waals surface area contributed by atoms with Gasteiger partial charge in [0.25, 0.3) is 0 Å². The molecule has 0 spiro atoms. The largest absolute Gasteiger partial charge is 0.462 e. The second-order valence-corrected chi connectivity index (χ2v) is 28.6. The summed E-state index contributed by atoms with van der Waals surface area (Å²) in [6.07, 6.45) is 15.3. The summed E-state index contributed by atoms with van der Waals surface area (Å²) in [6, 6.07) is 0. The predicted molar refractivity (Wildman–Crippen MR) is 298 cm³/mol. The molecule has 0 saturated heterocycles. The molecule has 12 bridgehead atoms. The highest BCUT2D eigenvalue weighted by molar-refractivity contribution is 6.01. The van der Waals surface area contributed by atoms with Crippen molar-refractivity contribution in [2.75, 3.05) is 39.6 Å². The van der Waals surface area contributed by atoms with Gasteiger partial charge < -0.3 is 42.6 Å². The number of alkyl halides is 6. The first-order valence-corrected chi connectivity index (χ1v) is 31.9. The third-order valence-corrected chi connectivity index (χ3v) is 20.3. The van der Waals surface area contributed by atoms with E-state index >= 15 is 0 Å². The van der Waals surface area contributed by atoms with E-state index < -0.39 is 132 Å². The van der Waals surface area contributed by atoms with Gasteiger partial charge in [0, 0.05) is 0 Å². The maximum atomic E-state index is 14.3. The van der Waals surface area contributed by atoms with Gasteiger partial charge in [0.2, 0.25) is 0 Å². The summed E-state index contributed by atoms with van der Waals surface area (Å²) in [5.74, 6) is -19.4. The van der Waals surface area contributed by atoms with Crippen LogP contribution in [-0.2, 0) is 85.8 Å². The van der Waals surface area contributed by atoms with Crippen molar-refractivity contribution >= 4 is 53.7 Å². The normalized spacial score (nSPS) is 30.7. The van der Waals surface area contributed by atoms with E-state index in [0.29, 0.717) is 91.8 Å². The van der Waals surface area contributed by atoms with Crippen molar-refractivity contribution in [2.24, 2.45) is 70.0 Å². The number of hydrogen-bond donors (Lipinski definition) is 0. The maximum absolute atomic E-state index is 14.3. The van der Waals surface area contributed by atoms with Crippen LogP contribution in [0.3, 0.4) is 0 Å². The monoisotopic (exact) mass is 1260 g/mol. The first-order chi connectivity index (χ1) is 41.0. The van der Waals surface area contributed by atoms with E-state index in [4.69, 9.17) is 28.4 Å². The standard InChI is InChI=1S/C22H32F2O6.2C21H30F2O6/c1-4-20(2,3)18(26)28-5-6-29-19(27)22(23,24)13-17(25)30-21-10-14-7-15(11-21)9-16(8-14)12-21;1-4-19(2,3)16(24)27-5-6-28-17(25)21(22,23)18(26)29-20-10-13-7-14(11-20)9-15(8-13)12-20;1-3-13(2)18(25)27-4-5-28-19(26)21(22,23)12-17(24)29-20-9-14-6-15(10-20)8-16(7-14)11-20/h14-16H,4-13H2,1-3H3;13-15H,4-12H2,1-3H3;13-16H,3-12H2,1-2H3. The van der Waals surface area contributed by atoms with Gasteiger partial charge in [-0.1, -0.05) is 27.7 Å². The molecule has 24 heteroatoms. The number of carbonyl (C=O) groups excluding carboxylic acids is 9. The molecule has 1 unspecified atom stereocenters. The van der Waals surface area contributed by atoms with Gasteiger partial charge in [-0.25, -0.2) is 19.2 Å². The Kier molecular flexibility index (Phi) is 22.5. The molecule has 12 rings (SSSR count). The van der Waals surface area contributed by atoms with E-state index in [1.807, 2.05) is 20.8 Å². The Morgan fingerprint density at radius 3 is 0.898 bits per heavy atom. The molecule has 0 aromatic heterocycles. The van der Waals surface area contributed by atoms with Crippen LogP contribution in [0.5, 0.6) is 0 Å². The molecular formula is C64H92F6O18. The van der Waals surface area contributed by atoms with E-state index in [1.54, 1.807) is 34.6 Å². The van der Waals surface area contributed by atoms with E-state index in [2.05, 4.69) is 14.2 Å². The SMILES string of the molecule is CCC(C)(C)C(=O)OCCOC(=O)C(F)(F)C(=O)OC12CC3CC(CC(C3)C1)C2.CCC(C)(C)C(=O)OCCOC(=O)C(F)(F)CC(=O)OC12CC3CC(CC(C3)C1)C2.CCC(C)C(=O)OCCOC(=O)C(F)(F)CC(=O)OC12CC3CC(CC(C3)C1)C2. The van der Waals surface area contributed by atoms with Crippen molar-refractivity contribution in [1.29, 1.82) is 0 Å². The fraction of sp³-hybridized carbons (Fsp3) is 0.859. The van der Waals surface area contributed by atoms with Crippen LogP contribution < -0.4 is 0 Å². The molecule has 0 aromatic carbocycles. The topological polar surface area (TPSA) is 237 Å². The molecule has 0 aliphatic heterocycles. The molecule has 0 heterocycles. The van der Waals surface area contributed by atoms with Gasteiger partial charge in [-0.05, 0) is 216 Å². The summed E-state index contributed by atoms with van der Waals surface area (Å²) in [6.45, 7) is 11.4. The Balaban J connectivity index is 0.000000188. The van der Waals surface area contributed by atoms with Crippen LogP contribution in [0.25, 0.3) is 0 Å². The average molecular weight is 1260 g/mol. The molecular weight excluding hydrogens is 1170 g/mol. The van der Waals surface area contributed by atoms with Crippen molar-refractivity contribution in [2.45, 2.75) is 238 Å². The number of halogens is 6. The Hall–Kier alpha value is -5.19. The lowest BCUT2D eigenvalue weighted by Gasteiger charge is -2.55. The quantitative estimate of drug-likeness (QED) is 0.0257. The van der Waals surface area contributed by atoms with Crippen molar-refractivity contribution in [3.63, 3.8) is 0 Å². The average Bonchev–Trinajstić information content (AvgIpc) is 0.785. The molecule has 1 atom stereocenters. The summed E-state index contributed by atoms with van der Waals surface area (Å²) in [5, 5.41) is 0. The fourth-order valence-corrected chi connectivity index (χ4v) is 16.0. The molecule has 0 radical (unpaired) electrons. The van der Waals surface area contributed by atoms with Gasteiger partial charge >= 0.3 is 71.5 Å². The van der Waals surface area contributed by atoms with Crippen LogP contribution in [0.1, 0.15) is 203 Å². The molecule has 18 nitrogen and oxygen atoms in total. The zero-order valence-corrected chi connectivity index (χ0v) is 52.4. The number of hydrogen-bond acceptors (Lipinski definition) is 18. The lowest BCUT2D eigenvalue weighted by atomic mass is 9.54. The third-order valence-electron chi connectivity index (χ3n) is 20.3. The Bertz CT molecular complexity index is 2440. The number of esters is 9. The van der Waals surface area contributed by atoms with Crippen LogP contribution in [0.2, 0.25) is 0 Å². The maximum Gasteiger partial charge on any atom is 0.437 e. The molecule has 12 fully saturated rings. The molecule has 0 aromatic rings. The highest BCUT2D eigenvalue weighted by Gasteiger charge is 2.60. The summed E-state index contributed by atoms with van der Waals surface area (Å²) in [4.78, 5) is 107. The zero-order chi connectivity index (χ0) is 64.8. The van der Waals surface area contributed by atoms with Crippen LogP contribution >= 0.6 is 0 Å². The highest BCUT2D eigenvalue weighted by atomic mass is 19.3. The first kappa shape index (κ1) is 70.3. The second kappa shape index (κ2) is 28.1. The molecule has 12 saturated carbocycles. The van der Waals surface area contributed by atoms with Crippen LogP contribution in [0.4, 0.5) is 26.3 Å². The number of ether oxygens (including phenoxy) is 9. The molecule has 0 N–H and O–H groups in total. The molecule has 498 valence electrons. The number of rotatable bonds is 26. The van der Waals surface area contributed by atoms with E-state index in [1.165, 1.54) is 0 Å². The van der Waals surface area contributed by atoms with E-state index in [9.17, 15) is 69.5 Å². The van der Waals surface area contributed by atoms with Crippen LogP contribution in [0.15, 0.2) is 0 Å². The summed E-state index contributed by atoms with van der Waals surface area (Å²) in [7, 11) is 0.